The Balaban J connectivity index is 1.15. The van der Waals surface area contributed by atoms with Gasteiger partial charge in [0.05, 0.1) is 51.8 Å². The Bertz CT molecular complexity index is 2090. The molecule has 6 heterocycles. The van der Waals surface area contributed by atoms with E-state index in [0.717, 1.165) is 20.8 Å². The lowest BCUT2D eigenvalue weighted by Gasteiger charge is -2.51. The van der Waals surface area contributed by atoms with Crippen molar-refractivity contribution < 1.29 is 168 Å². The first-order valence-corrected chi connectivity index (χ1v) is 25.7. The Morgan fingerprint density at radius 1 is 0.500 bits per heavy atom. The summed E-state index contributed by atoms with van der Waals surface area (Å²) in [5.41, 5.74) is 0. The number of nitrogens with one attached hydrogen (secondary N) is 3. The third-order valence-corrected chi connectivity index (χ3v) is 14.6. The first-order valence-electron chi connectivity index (χ1n) is 25.7. The van der Waals surface area contributed by atoms with Crippen LogP contribution in [0, 0.1) is 0 Å². The maximum absolute atomic E-state index is 13.0. The van der Waals surface area contributed by atoms with Gasteiger partial charge in [-0.2, -0.15) is 0 Å². The zero-order chi connectivity index (χ0) is 61.0. The number of rotatable bonds is 22. The summed E-state index contributed by atoms with van der Waals surface area (Å²) in [4.78, 5) is 49.9. The van der Waals surface area contributed by atoms with E-state index in [9.17, 15) is 116 Å². The van der Waals surface area contributed by atoms with Gasteiger partial charge in [0.2, 0.25) is 17.7 Å². The fraction of sp³-hybridized carbons (Fsp3) is 0.911. The molecule has 3 amide bonds. The summed E-state index contributed by atoms with van der Waals surface area (Å²) in [5, 5.41) is 211. The van der Waals surface area contributed by atoms with E-state index in [2.05, 4.69) is 16.0 Å². The van der Waals surface area contributed by atoms with Crippen molar-refractivity contribution in [2.75, 3.05) is 39.6 Å². The number of carbonyl (C=O) groups excluding carboxylic acids is 3. The molecule has 0 aromatic rings. The molecule has 6 saturated heterocycles. The molecule has 0 unspecified atom stereocenters. The lowest BCUT2D eigenvalue weighted by Crippen LogP contribution is -2.71. The molecule has 6 rings (SSSR count). The molecule has 0 aromatic heterocycles. The number of amides is 3. The van der Waals surface area contributed by atoms with Crippen LogP contribution >= 0.6 is 0 Å². The Kier molecular flexibility index (Phi) is 23.9. The van der Waals surface area contributed by atoms with Crippen molar-refractivity contribution in [1.29, 1.82) is 0 Å². The average Bonchev–Trinajstić information content (AvgIpc) is 2.06. The van der Waals surface area contributed by atoms with Crippen LogP contribution in [0.15, 0.2) is 0 Å². The topological polar surface area (TPSA) is 590 Å². The second-order valence-corrected chi connectivity index (χ2v) is 20.4. The lowest BCUT2D eigenvalue weighted by molar-refractivity contribution is -0.384. The fourth-order valence-electron chi connectivity index (χ4n) is 10.3. The molecule has 6 fully saturated rings. The second kappa shape index (κ2) is 28.9. The first-order chi connectivity index (χ1) is 38.6. The smallest absolute Gasteiger partial charge is 0.364 e. The third-order valence-electron chi connectivity index (χ3n) is 14.6. The van der Waals surface area contributed by atoms with E-state index in [4.69, 9.17) is 52.1 Å². The number of carboxylic acid groups (broad SMARTS) is 1. The molecule has 82 heavy (non-hydrogen) atoms. The summed E-state index contributed by atoms with van der Waals surface area (Å²) >= 11 is 0. The summed E-state index contributed by atoms with van der Waals surface area (Å²) in [5.74, 6) is -7.75. The summed E-state index contributed by atoms with van der Waals surface area (Å²) in [7, 11) is 0. The van der Waals surface area contributed by atoms with Crippen molar-refractivity contribution in [2.24, 2.45) is 0 Å². The molecule has 474 valence electrons. The highest BCUT2D eigenvalue weighted by Crippen LogP contribution is 2.39. The van der Waals surface area contributed by atoms with Crippen LogP contribution in [0.2, 0.25) is 0 Å². The maximum atomic E-state index is 13.0. The summed E-state index contributed by atoms with van der Waals surface area (Å²) in [6.45, 7) is -3.07. The molecule has 6 aliphatic heterocycles. The highest BCUT2D eigenvalue weighted by Gasteiger charge is 2.61. The predicted molar refractivity (Wildman–Crippen MR) is 251 cm³/mol. The molecule has 0 spiro atoms. The van der Waals surface area contributed by atoms with E-state index < -0.39 is 259 Å². The minimum Gasteiger partial charge on any atom is -0.477 e. The fourth-order valence-corrected chi connectivity index (χ4v) is 10.3. The summed E-state index contributed by atoms with van der Waals surface area (Å²) < 4.78 is 62.3. The van der Waals surface area contributed by atoms with E-state index in [1.165, 1.54) is 0 Å². The monoisotopic (exact) mass is 1200 g/mol. The number of carbonyl (C=O) groups is 4. The lowest BCUT2D eigenvalue weighted by atomic mass is 9.88. The van der Waals surface area contributed by atoms with Crippen LogP contribution in [0.3, 0.4) is 0 Å². The molecule has 0 saturated carbocycles. The number of aliphatic carboxylic acids is 1. The zero-order valence-electron chi connectivity index (χ0n) is 43.9. The number of carboxylic acids is 1. The largest absolute Gasteiger partial charge is 0.477 e. The molecule has 6 aliphatic rings. The van der Waals surface area contributed by atoms with E-state index >= 15 is 0 Å². The first kappa shape index (κ1) is 67.8. The molecule has 37 heteroatoms. The van der Waals surface area contributed by atoms with Gasteiger partial charge in [-0.05, 0) is 0 Å². The molecule has 31 atom stereocenters. The van der Waals surface area contributed by atoms with Gasteiger partial charge in [0.1, 0.15) is 140 Å². The van der Waals surface area contributed by atoms with Crippen LogP contribution in [-0.2, 0) is 71.3 Å². The van der Waals surface area contributed by atoms with Gasteiger partial charge in [-0.25, -0.2) is 4.79 Å². The van der Waals surface area contributed by atoms with Gasteiger partial charge >= 0.3 is 5.97 Å². The van der Waals surface area contributed by atoms with Gasteiger partial charge in [0.15, 0.2) is 31.5 Å². The number of ether oxygens (including phenoxy) is 11. The van der Waals surface area contributed by atoms with Crippen molar-refractivity contribution in [2.45, 2.75) is 217 Å². The van der Waals surface area contributed by atoms with Crippen LogP contribution < -0.4 is 16.0 Å². The Labute approximate surface area is 463 Å². The van der Waals surface area contributed by atoms with E-state index in [0.29, 0.717) is 0 Å². The second-order valence-electron chi connectivity index (χ2n) is 20.4. The van der Waals surface area contributed by atoms with Crippen molar-refractivity contribution in [3.8, 4) is 0 Å². The number of aliphatic hydroxyl groups excluding tert-OH is 18. The summed E-state index contributed by atoms with van der Waals surface area (Å²) in [6, 6.07) is -5.12. The van der Waals surface area contributed by atoms with E-state index in [1.807, 2.05) is 0 Å². The van der Waals surface area contributed by atoms with Crippen molar-refractivity contribution in [1.82, 2.24) is 16.0 Å². The van der Waals surface area contributed by atoms with Crippen molar-refractivity contribution in [3.63, 3.8) is 0 Å². The number of aliphatic hydroxyl groups is 18. The molecule has 37 nitrogen and oxygen atoms in total. The number of hydrogen-bond donors (Lipinski definition) is 22. The minimum absolute atomic E-state index is 0.820. The molecular weight excluding hydrogens is 1130 g/mol. The zero-order valence-corrected chi connectivity index (χ0v) is 43.9. The number of hydrogen-bond acceptors (Lipinski definition) is 33. The van der Waals surface area contributed by atoms with E-state index in [-0.39, 0.29) is 0 Å². The van der Waals surface area contributed by atoms with Gasteiger partial charge in [-0.15, -0.1) is 0 Å². The minimum atomic E-state index is -3.18. The molecule has 0 aromatic carbocycles. The maximum Gasteiger partial charge on any atom is 0.364 e. The molecule has 0 aliphatic carbocycles. The Morgan fingerprint density at radius 2 is 0.951 bits per heavy atom. The molecular formula is C45H75N3O34. The van der Waals surface area contributed by atoms with Gasteiger partial charge in [-0.3, -0.25) is 14.4 Å². The highest BCUT2D eigenvalue weighted by atomic mass is 16.8. The van der Waals surface area contributed by atoms with Crippen LogP contribution in [0.1, 0.15) is 27.2 Å². The SMILES string of the molecule is CC(=O)N[C@H]1[C@H](O[C@H]2[C@@H](O)[C@H](O)[C@@H](CO[C@@H]3O[C@H](CO)[C@@H](O[C@@H]4O[C@H](CO)[C@H](O)[C@H](O[C@]5(C(=O)O)C[C@H](O)[C@@H](NC(C)=O)[C@H]([C@H](O)[C@H](O)CO)O5)[C@H]4O)[C@H](O)[C@H]3NC(C)=O)O[C@@H]2O)O[C@H](CO)[C@@H](O[C@@H]2O[C@H](CO)[C@H](O)[C@H](O)[C@H]2O)[C@@H]1O. The molecule has 0 radical (unpaired) electrons. The van der Waals surface area contributed by atoms with Crippen LogP contribution in [0.4, 0.5) is 0 Å². The van der Waals surface area contributed by atoms with E-state index in [1.54, 1.807) is 0 Å². The normalized spacial score (nSPS) is 46.3. The summed E-state index contributed by atoms with van der Waals surface area (Å²) in [6.07, 6.45) is -54.5. The van der Waals surface area contributed by atoms with Crippen LogP contribution in [0.25, 0.3) is 0 Å². The quantitative estimate of drug-likeness (QED) is 0.0479. The standard InChI is InChI=1S/C45H75N3O34/c1-11(54)46-21-14(57)4-45(44(70)71,81-36(21)24(59)15(58)5-49)82-37-27(62)17(7-51)75-43(33(37)68)79-34-18(8-52)76-40(22(28(34)63)47-12(2)55)72-10-20-26(61)31(66)38(39(69)73-20)80-41-23(48-13(3)56)29(64)35(19(9-53)77-41)78-42-32(67)30(65)25(60)16(6-50)74-42/h14-43,49-53,57-69H,4-10H2,1-3H3,(H,46,54)(H,47,55)(H,48,56)(H,70,71)/t14-,15+,16+,17+,18+,19+,20+,21+,22+,23+,24+,25-,26+,27-,28+,29+,30-,31-,32+,33+,34+,35+,36+,37-,38-,39-,40+,41-,42-,43-,45-/m0/s1. The van der Waals surface area contributed by atoms with Crippen molar-refractivity contribution in [3.05, 3.63) is 0 Å². The van der Waals surface area contributed by atoms with Crippen molar-refractivity contribution >= 4 is 23.7 Å². The van der Waals surface area contributed by atoms with Gasteiger partial charge in [0, 0.05) is 27.2 Å². The molecule has 22 N–H and O–H groups in total. The van der Waals surface area contributed by atoms with Crippen LogP contribution in [0.5, 0.6) is 0 Å². The van der Waals surface area contributed by atoms with Gasteiger partial charge in [0.25, 0.3) is 5.79 Å². The molecule has 0 bridgehead atoms. The Hall–Kier alpha value is -3.28. The van der Waals surface area contributed by atoms with Crippen LogP contribution in [-0.4, -0.2) is 350 Å². The van der Waals surface area contributed by atoms with Gasteiger partial charge < -0.3 is 165 Å². The average molecular weight is 1200 g/mol. The third kappa shape index (κ3) is 14.7. The Morgan fingerprint density at radius 3 is 1.45 bits per heavy atom. The highest BCUT2D eigenvalue weighted by molar-refractivity contribution is 5.77. The predicted octanol–water partition coefficient (Wildman–Crippen LogP) is -14.5. The van der Waals surface area contributed by atoms with Gasteiger partial charge in [-0.1, -0.05) is 0 Å².